The first-order chi connectivity index (χ1) is 9.20. The maximum absolute atomic E-state index is 12.9. The third kappa shape index (κ3) is 3.58. The zero-order valence-electron chi connectivity index (χ0n) is 11.2. The fraction of sp³-hybridized carbons (Fsp3) is 0.333. The van der Waals surface area contributed by atoms with Gasteiger partial charge in [0.15, 0.2) is 0 Å². The Morgan fingerprint density at radius 3 is 2.68 bits per heavy atom. The number of hydrogen-bond acceptors (Lipinski definition) is 3. The molecule has 1 unspecified atom stereocenters. The third-order valence-electron chi connectivity index (χ3n) is 3.15. The lowest BCUT2D eigenvalue weighted by Gasteiger charge is -2.22. The summed E-state index contributed by atoms with van der Waals surface area (Å²) in [4.78, 5) is 8.26. The Balaban J connectivity index is 2.09. The van der Waals surface area contributed by atoms with Crippen LogP contribution in [0.15, 0.2) is 42.9 Å². The maximum atomic E-state index is 12.9. The number of pyridine rings is 2. The number of nitrogens with zero attached hydrogens (tertiary/aromatic N) is 2. The molecule has 2 atom stereocenters. The van der Waals surface area contributed by atoms with Gasteiger partial charge in [0.25, 0.3) is 0 Å². The zero-order chi connectivity index (χ0) is 13.7. The molecule has 2 aromatic heterocycles. The molecule has 0 aliphatic heterocycles. The van der Waals surface area contributed by atoms with Gasteiger partial charge in [0.1, 0.15) is 5.82 Å². The summed E-state index contributed by atoms with van der Waals surface area (Å²) < 4.78 is 12.9. The van der Waals surface area contributed by atoms with Crippen molar-refractivity contribution in [2.24, 2.45) is 0 Å². The summed E-state index contributed by atoms with van der Waals surface area (Å²) in [5, 5.41) is 3.49. The Bertz CT molecular complexity index is 499. The second kappa shape index (κ2) is 6.38. The van der Waals surface area contributed by atoms with Gasteiger partial charge in [-0.3, -0.25) is 9.97 Å². The lowest BCUT2D eigenvalue weighted by atomic mass is 10.1. The molecule has 0 aliphatic rings. The van der Waals surface area contributed by atoms with Crippen LogP contribution in [-0.4, -0.2) is 9.97 Å². The highest BCUT2D eigenvalue weighted by Crippen LogP contribution is 2.20. The van der Waals surface area contributed by atoms with Crippen LogP contribution in [0.2, 0.25) is 0 Å². The highest BCUT2D eigenvalue weighted by Gasteiger charge is 2.14. The van der Waals surface area contributed by atoms with Crippen molar-refractivity contribution in [3.8, 4) is 0 Å². The Morgan fingerprint density at radius 1 is 1.26 bits per heavy atom. The number of hydrogen-bond donors (Lipinski definition) is 1. The fourth-order valence-electron chi connectivity index (χ4n) is 2.04. The summed E-state index contributed by atoms with van der Waals surface area (Å²) in [5.41, 5.74) is 1.99. The van der Waals surface area contributed by atoms with E-state index in [1.165, 1.54) is 12.3 Å². The first-order valence-corrected chi connectivity index (χ1v) is 6.48. The van der Waals surface area contributed by atoms with Crippen molar-refractivity contribution in [2.75, 3.05) is 0 Å². The smallest absolute Gasteiger partial charge is 0.141 e. The van der Waals surface area contributed by atoms with Gasteiger partial charge in [-0.2, -0.15) is 0 Å². The third-order valence-corrected chi connectivity index (χ3v) is 3.15. The van der Waals surface area contributed by atoms with E-state index in [4.69, 9.17) is 0 Å². The van der Waals surface area contributed by atoms with Crippen molar-refractivity contribution in [3.63, 3.8) is 0 Å². The largest absolute Gasteiger partial charge is 0.302 e. The first-order valence-electron chi connectivity index (χ1n) is 6.48. The monoisotopic (exact) mass is 259 g/mol. The van der Waals surface area contributed by atoms with Gasteiger partial charge in [0.2, 0.25) is 0 Å². The van der Waals surface area contributed by atoms with Gasteiger partial charge in [0, 0.05) is 24.5 Å². The summed E-state index contributed by atoms with van der Waals surface area (Å²) >= 11 is 0. The zero-order valence-corrected chi connectivity index (χ0v) is 11.2. The summed E-state index contributed by atoms with van der Waals surface area (Å²) in [6.07, 6.45) is 5.76. The van der Waals surface area contributed by atoms with Crippen molar-refractivity contribution in [1.82, 2.24) is 15.3 Å². The Labute approximate surface area is 112 Å². The van der Waals surface area contributed by atoms with Gasteiger partial charge >= 0.3 is 0 Å². The molecule has 0 saturated heterocycles. The highest BCUT2D eigenvalue weighted by molar-refractivity contribution is 5.15. The molecular formula is C15H18FN3. The minimum atomic E-state index is -0.307. The molecule has 2 aromatic rings. The van der Waals surface area contributed by atoms with Gasteiger partial charge in [-0.05, 0) is 37.1 Å². The van der Waals surface area contributed by atoms with Crippen LogP contribution in [0.4, 0.5) is 4.39 Å². The second-order valence-electron chi connectivity index (χ2n) is 4.54. The van der Waals surface area contributed by atoms with Crippen LogP contribution >= 0.6 is 0 Å². The van der Waals surface area contributed by atoms with Gasteiger partial charge < -0.3 is 5.32 Å². The standard InChI is InChI=1S/C15H18FN3/c1-3-14(15-7-6-13(16)10-18-15)19-11(2)12-5-4-8-17-9-12/h4-11,14,19H,3H2,1-2H3/t11-,14?/m0/s1. The second-order valence-corrected chi connectivity index (χ2v) is 4.54. The van der Waals surface area contributed by atoms with E-state index in [2.05, 4.69) is 29.1 Å². The quantitative estimate of drug-likeness (QED) is 0.894. The molecule has 0 fully saturated rings. The Kier molecular flexibility index (Phi) is 4.58. The Morgan fingerprint density at radius 2 is 2.11 bits per heavy atom. The van der Waals surface area contributed by atoms with E-state index in [0.717, 1.165) is 17.7 Å². The van der Waals surface area contributed by atoms with Crippen molar-refractivity contribution < 1.29 is 4.39 Å². The van der Waals surface area contributed by atoms with E-state index in [1.54, 1.807) is 12.3 Å². The molecule has 0 saturated carbocycles. The highest BCUT2D eigenvalue weighted by atomic mass is 19.1. The fourth-order valence-corrected chi connectivity index (χ4v) is 2.04. The van der Waals surface area contributed by atoms with Crippen LogP contribution in [0.1, 0.15) is 43.6 Å². The van der Waals surface area contributed by atoms with Crippen LogP contribution in [0.3, 0.4) is 0 Å². The van der Waals surface area contributed by atoms with Crippen LogP contribution in [0, 0.1) is 5.82 Å². The van der Waals surface area contributed by atoms with E-state index >= 15 is 0 Å². The molecule has 0 bridgehead atoms. The van der Waals surface area contributed by atoms with Crippen molar-refractivity contribution >= 4 is 0 Å². The van der Waals surface area contributed by atoms with E-state index in [-0.39, 0.29) is 17.9 Å². The molecule has 2 rings (SSSR count). The van der Waals surface area contributed by atoms with Gasteiger partial charge in [-0.15, -0.1) is 0 Å². The van der Waals surface area contributed by atoms with Gasteiger partial charge in [-0.1, -0.05) is 13.0 Å². The van der Waals surface area contributed by atoms with E-state index in [1.807, 2.05) is 18.3 Å². The topological polar surface area (TPSA) is 37.8 Å². The summed E-state index contributed by atoms with van der Waals surface area (Å²) in [5.74, 6) is -0.307. The number of rotatable bonds is 5. The lowest BCUT2D eigenvalue weighted by molar-refractivity contribution is 0.446. The first kappa shape index (κ1) is 13.6. The molecule has 19 heavy (non-hydrogen) atoms. The molecule has 0 aliphatic carbocycles. The number of nitrogens with one attached hydrogen (secondary N) is 1. The van der Waals surface area contributed by atoms with Crippen LogP contribution in [-0.2, 0) is 0 Å². The molecule has 1 N–H and O–H groups in total. The Hall–Kier alpha value is -1.81. The van der Waals surface area contributed by atoms with Crippen molar-refractivity contribution in [1.29, 1.82) is 0 Å². The van der Waals surface area contributed by atoms with Crippen molar-refractivity contribution in [3.05, 3.63) is 59.9 Å². The predicted octanol–water partition coefficient (Wildman–Crippen LogP) is 3.42. The number of aromatic nitrogens is 2. The normalized spacial score (nSPS) is 14.1. The molecule has 2 heterocycles. The van der Waals surface area contributed by atoms with Gasteiger partial charge in [0.05, 0.1) is 11.9 Å². The number of halogens is 1. The van der Waals surface area contributed by atoms with E-state index in [9.17, 15) is 4.39 Å². The molecule has 0 radical (unpaired) electrons. The summed E-state index contributed by atoms with van der Waals surface area (Å²) in [6.45, 7) is 4.17. The average Bonchev–Trinajstić information content (AvgIpc) is 2.46. The van der Waals surface area contributed by atoms with Crippen LogP contribution in [0.25, 0.3) is 0 Å². The predicted molar refractivity (Wildman–Crippen MR) is 73.0 cm³/mol. The molecule has 100 valence electrons. The lowest BCUT2D eigenvalue weighted by Crippen LogP contribution is -2.25. The molecule has 0 aromatic carbocycles. The molecule has 3 nitrogen and oxygen atoms in total. The SMILES string of the molecule is CCC(N[C@@H](C)c1cccnc1)c1ccc(F)cn1. The average molecular weight is 259 g/mol. The van der Waals surface area contributed by atoms with Gasteiger partial charge in [-0.25, -0.2) is 4.39 Å². The minimum absolute atomic E-state index is 0.107. The van der Waals surface area contributed by atoms with Crippen LogP contribution < -0.4 is 5.32 Å². The molecular weight excluding hydrogens is 241 g/mol. The summed E-state index contributed by atoms with van der Waals surface area (Å²) in [6, 6.07) is 7.41. The molecule has 0 spiro atoms. The molecule has 0 amide bonds. The summed E-state index contributed by atoms with van der Waals surface area (Å²) in [7, 11) is 0. The van der Waals surface area contributed by atoms with Crippen LogP contribution in [0.5, 0.6) is 0 Å². The molecule has 4 heteroatoms. The van der Waals surface area contributed by atoms with E-state index in [0.29, 0.717) is 0 Å². The van der Waals surface area contributed by atoms with E-state index < -0.39 is 0 Å². The van der Waals surface area contributed by atoms with Crippen molar-refractivity contribution in [2.45, 2.75) is 32.4 Å². The minimum Gasteiger partial charge on any atom is -0.302 e. The maximum Gasteiger partial charge on any atom is 0.141 e.